The van der Waals surface area contributed by atoms with Crippen LogP contribution in [-0.4, -0.2) is 55.6 Å². The smallest absolute Gasteiger partial charge is 0.331 e. The highest BCUT2D eigenvalue weighted by molar-refractivity contribution is 5.86. The summed E-state index contributed by atoms with van der Waals surface area (Å²) in [6.45, 7) is 3.00. The van der Waals surface area contributed by atoms with Crippen molar-refractivity contribution in [3.8, 4) is 0 Å². The molecule has 0 radical (unpaired) electrons. The number of aromatic nitrogens is 2. The Kier molecular flexibility index (Phi) is 9.61. The Morgan fingerprint density at radius 2 is 1.68 bits per heavy atom. The van der Waals surface area contributed by atoms with Gasteiger partial charge in [0.2, 0.25) is 5.72 Å². The summed E-state index contributed by atoms with van der Waals surface area (Å²) in [5.41, 5.74) is -3.60. The summed E-state index contributed by atoms with van der Waals surface area (Å²) in [6.07, 6.45) is 6.13. The molecule has 9 nitrogen and oxygen atoms in total. The van der Waals surface area contributed by atoms with Crippen LogP contribution in [0.2, 0.25) is 0 Å². The molecule has 0 aromatic carbocycles. The second-order valence-electron chi connectivity index (χ2n) is 8.41. The van der Waals surface area contributed by atoms with E-state index in [1.807, 2.05) is 0 Å². The van der Waals surface area contributed by atoms with Crippen LogP contribution in [0.25, 0.3) is 0 Å². The van der Waals surface area contributed by atoms with Crippen molar-refractivity contribution in [1.82, 2.24) is 9.55 Å². The van der Waals surface area contributed by atoms with E-state index in [4.69, 9.17) is 4.74 Å². The van der Waals surface area contributed by atoms with Gasteiger partial charge >= 0.3 is 5.69 Å². The van der Waals surface area contributed by atoms with E-state index in [-0.39, 0.29) is 12.0 Å². The van der Waals surface area contributed by atoms with Gasteiger partial charge in [-0.3, -0.25) is 19.1 Å². The van der Waals surface area contributed by atoms with Crippen molar-refractivity contribution in [1.29, 1.82) is 0 Å². The molecule has 0 aliphatic carbocycles. The number of ether oxygens (including phenoxy) is 1. The summed E-state index contributed by atoms with van der Waals surface area (Å²) in [5, 5.41) is 30.5. The van der Waals surface area contributed by atoms with Crippen LogP contribution in [0, 0.1) is 6.92 Å². The molecule has 1 aliphatic heterocycles. The van der Waals surface area contributed by atoms with Crippen molar-refractivity contribution in [3.05, 3.63) is 32.6 Å². The van der Waals surface area contributed by atoms with Crippen molar-refractivity contribution in [3.63, 3.8) is 0 Å². The zero-order chi connectivity index (χ0) is 23.0. The molecule has 0 saturated carbocycles. The molecular formula is C22H36N2O7. The molecule has 4 atom stereocenters. The normalized spacial score (nSPS) is 25.8. The number of ketones is 1. The highest BCUT2D eigenvalue weighted by Gasteiger charge is 2.60. The molecule has 0 bridgehead atoms. The summed E-state index contributed by atoms with van der Waals surface area (Å²) in [5.74, 6) is -0.577. The lowest BCUT2D eigenvalue weighted by Gasteiger charge is -2.32. The SMILES string of the molecule is CCCCCCCCCCCC(=O)[C@@]1(n2cc(C)c(=O)[nH]c2=O)O[C@H](CO)[C@@H](O)[C@H]1O. The fourth-order valence-corrected chi connectivity index (χ4v) is 4.10. The van der Waals surface area contributed by atoms with E-state index in [1.54, 1.807) is 0 Å². The Labute approximate surface area is 182 Å². The number of aromatic amines is 1. The summed E-state index contributed by atoms with van der Waals surface area (Å²) < 4.78 is 6.46. The first-order valence-corrected chi connectivity index (χ1v) is 11.3. The molecule has 0 amide bonds. The third kappa shape index (κ3) is 5.71. The molecule has 1 aliphatic rings. The molecule has 1 fully saturated rings. The molecule has 0 spiro atoms. The number of nitrogens with one attached hydrogen (secondary N) is 1. The van der Waals surface area contributed by atoms with Crippen molar-refractivity contribution < 1.29 is 24.9 Å². The van der Waals surface area contributed by atoms with Gasteiger partial charge in [-0.25, -0.2) is 4.79 Å². The maximum atomic E-state index is 13.2. The summed E-state index contributed by atoms with van der Waals surface area (Å²) in [4.78, 5) is 39.5. The lowest BCUT2D eigenvalue weighted by Crippen LogP contribution is -2.56. The van der Waals surface area contributed by atoms with Gasteiger partial charge < -0.3 is 20.1 Å². The summed E-state index contributed by atoms with van der Waals surface area (Å²) in [6, 6.07) is 0. The standard InChI is InChI=1S/C22H36N2O7/c1-3-4-5-6-7-8-9-10-11-12-17(26)22(19(28)18(27)16(14-25)31-22)24-13-15(2)20(29)23-21(24)30/h13,16,18-19,25,27-28H,3-12,14H2,1-2H3,(H,23,29,30)/t16-,18-,19-,22-/m1/s1. The predicted octanol–water partition coefficient (Wildman–Crippen LogP) is 1.10. The van der Waals surface area contributed by atoms with E-state index in [0.717, 1.165) is 36.4 Å². The molecule has 2 heterocycles. The molecule has 2 rings (SSSR count). The van der Waals surface area contributed by atoms with Crippen LogP contribution >= 0.6 is 0 Å². The van der Waals surface area contributed by atoms with E-state index in [1.165, 1.54) is 32.6 Å². The Hall–Kier alpha value is -1.81. The Bertz CT molecular complexity index is 834. The van der Waals surface area contributed by atoms with E-state index >= 15 is 0 Å². The highest BCUT2D eigenvalue weighted by atomic mass is 16.6. The third-order valence-corrected chi connectivity index (χ3v) is 6.00. The van der Waals surface area contributed by atoms with Crippen LogP contribution in [0.4, 0.5) is 0 Å². The molecule has 31 heavy (non-hydrogen) atoms. The summed E-state index contributed by atoms with van der Waals surface area (Å²) in [7, 11) is 0. The van der Waals surface area contributed by atoms with Crippen molar-refractivity contribution in [2.45, 2.75) is 102 Å². The number of aliphatic hydroxyl groups is 3. The molecule has 176 valence electrons. The quantitative estimate of drug-likeness (QED) is 0.337. The molecule has 0 unspecified atom stereocenters. The van der Waals surface area contributed by atoms with Crippen LogP contribution in [0.3, 0.4) is 0 Å². The van der Waals surface area contributed by atoms with Crippen LogP contribution in [-0.2, 0) is 15.3 Å². The van der Waals surface area contributed by atoms with Crippen LogP contribution in [0.5, 0.6) is 0 Å². The van der Waals surface area contributed by atoms with E-state index < -0.39 is 47.7 Å². The lowest BCUT2D eigenvalue weighted by atomic mass is 9.94. The van der Waals surface area contributed by atoms with Gasteiger partial charge in [0.1, 0.15) is 18.3 Å². The number of aryl methyl sites for hydroxylation is 1. The minimum atomic E-state index is -2.20. The number of carbonyl (C=O) groups is 1. The number of rotatable bonds is 13. The highest BCUT2D eigenvalue weighted by Crippen LogP contribution is 2.37. The van der Waals surface area contributed by atoms with Gasteiger partial charge in [0.25, 0.3) is 5.56 Å². The third-order valence-electron chi connectivity index (χ3n) is 6.00. The maximum absolute atomic E-state index is 13.2. The lowest BCUT2D eigenvalue weighted by molar-refractivity contribution is -0.176. The largest absolute Gasteiger partial charge is 0.394 e. The molecular weight excluding hydrogens is 404 g/mol. The van der Waals surface area contributed by atoms with Gasteiger partial charge in [-0.15, -0.1) is 0 Å². The Balaban J connectivity index is 2.11. The van der Waals surface area contributed by atoms with Crippen molar-refractivity contribution in [2.75, 3.05) is 6.61 Å². The second-order valence-corrected chi connectivity index (χ2v) is 8.41. The van der Waals surface area contributed by atoms with Crippen molar-refractivity contribution in [2.24, 2.45) is 0 Å². The van der Waals surface area contributed by atoms with Gasteiger partial charge in [0.05, 0.1) is 6.61 Å². The number of Topliss-reactive ketones (excluding diaryl/α,β-unsaturated/α-hetero) is 1. The van der Waals surface area contributed by atoms with Crippen LogP contribution < -0.4 is 11.2 Å². The maximum Gasteiger partial charge on any atom is 0.331 e. The minimum Gasteiger partial charge on any atom is -0.394 e. The Morgan fingerprint density at radius 1 is 1.10 bits per heavy atom. The van der Waals surface area contributed by atoms with E-state index in [2.05, 4.69) is 11.9 Å². The topological polar surface area (TPSA) is 142 Å². The number of carbonyl (C=O) groups excluding carboxylic acids is 1. The number of hydrogen-bond acceptors (Lipinski definition) is 7. The zero-order valence-electron chi connectivity index (χ0n) is 18.5. The van der Waals surface area contributed by atoms with Gasteiger partial charge in [0, 0.05) is 18.2 Å². The predicted molar refractivity (Wildman–Crippen MR) is 115 cm³/mol. The fraction of sp³-hybridized carbons (Fsp3) is 0.773. The van der Waals surface area contributed by atoms with Gasteiger partial charge in [-0.05, 0) is 13.3 Å². The van der Waals surface area contributed by atoms with Crippen LogP contribution in [0.15, 0.2) is 15.8 Å². The molecule has 1 saturated heterocycles. The van der Waals surface area contributed by atoms with Gasteiger partial charge in [0.15, 0.2) is 5.78 Å². The fourth-order valence-electron chi connectivity index (χ4n) is 4.10. The zero-order valence-corrected chi connectivity index (χ0v) is 18.5. The first-order chi connectivity index (χ1) is 14.8. The first-order valence-electron chi connectivity index (χ1n) is 11.3. The molecule has 1 aromatic heterocycles. The minimum absolute atomic E-state index is 0.0301. The number of hydrogen-bond donors (Lipinski definition) is 4. The van der Waals surface area contributed by atoms with E-state index in [0.29, 0.717) is 6.42 Å². The molecule has 1 aromatic rings. The Morgan fingerprint density at radius 3 is 2.23 bits per heavy atom. The summed E-state index contributed by atoms with van der Waals surface area (Å²) >= 11 is 0. The second kappa shape index (κ2) is 11.7. The monoisotopic (exact) mass is 440 g/mol. The first kappa shape index (κ1) is 25.5. The van der Waals surface area contributed by atoms with Crippen LogP contribution in [0.1, 0.15) is 76.7 Å². The average molecular weight is 441 g/mol. The number of H-pyrrole nitrogens is 1. The van der Waals surface area contributed by atoms with Gasteiger partial charge in [-0.2, -0.15) is 0 Å². The van der Waals surface area contributed by atoms with E-state index in [9.17, 15) is 29.7 Å². The van der Waals surface area contributed by atoms with Crippen molar-refractivity contribution >= 4 is 5.78 Å². The average Bonchev–Trinajstić information content (AvgIpc) is 3.00. The molecule has 9 heteroatoms. The number of unbranched alkanes of at least 4 members (excludes halogenated alkanes) is 8. The van der Waals surface area contributed by atoms with Gasteiger partial charge in [-0.1, -0.05) is 58.3 Å². The number of aliphatic hydroxyl groups excluding tert-OH is 3. The molecule has 4 N–H and O–H groups in total. The number of nitrogens with zero attached hydrogens (tertiary/aromatic N) is 1.